The van der Waals surface area contributed by atoms with Gasteiger partial charge in [0.05, 0.1) is 0 Å². The predicted molar refractivity (Wildman–Crippen MR) is 82.7 cm³/mol. The van der Waals surface area contributed by atoms with Crippen molar-refractivity contribution < 1.29 is 9.47 Å². The van der Waals surface area contributed by atoms with Gasteiger partial charge in [-0.2, -0.15) is 0 Å². The number of hydrogen-bond acceptors (Lipinski definition) is 3. The summed E-state index contributed by atoms with van der Waals surface area (Å²) in [5.74, 6) is 1.77. The lowest BCUT2D eigenvalue weighted by molar-refractivity contribution is 0.123. The Balaban J connectivity index is 1.90. The number of benzene rings is 1. The van der Waals surface area contributed by atoms with E-state index in [-0.39, 0.29) is 5.41 Å². The van der Waals surface area contributed by atoms with Crippen LogP contribution in [0.3, 0.4) is 0 Å². The SMILES string of the molecule is C=C1C=C[C@]2(C)c3cc4c(cc3CN(CC)[C@H]2C1)OCO4. The molecule has 0 bridgehead atoms. The molecule has 0 amide bonds. The van der Waals surface area contributed by atoms with Gasteiger partial charge in [0.1, 0.15) is 0 Å². The van der Waals surface area contributed by atoms with E-state index in [0.717, 1.165) is 31.0 Å². The first kappa shape index (κ1) is 13.0. The van der Waals surface area contributed by atoms with Gasteiger partial charge in [-0.05, 0) is 36.2 Å². The van der Waals surface area contributed by atoms with Gasteiger partial charge in [-0.3, -0.25) is 4.90 Å². The number of likely N-dealkylation sites (N-methyl/N-ethyl adjacent to an activating group) is 1. The number of nitrogens with zero attached hydrogens (tertiary/aromatic N) is 1. The van der Waals surface area contributed by atoms with Crippen molar-refractivity contribution in [1.82, 2.24) is 4.90 Å². The molecule has 2 aliphatic heterocycles. The third kappa shape index (κ3) is 1.77. The summed E-state index contributed by atoms with van der Waals surface area (Å²) in [4.78, 5) is 2.55. The molecule has 2 atom stereocenters. The minimum Gasteiger partial charge on any atom is -0.454 e. The number of rotatable bonds is 1. The second-order valence-corrected chi connectivity index (χ2v) is 6.42. The Kier molecular flexibility index (Phi) is 2.70. The Labute approximate surface area is 125 Å². The Morgan fingerprint density at radius 3 is 2.86 bits per heavy atom. The summed E-state index contributed by atoms with van der Waals surface area (Å²) in [6.07, 6.45) is 5.55. The lowest BCUT2D eigenvalue weighted by Gasteiger charge is -2.50. The lowest BCUT2D eigenvalue weighted by atomic mass is 9.66. The summed E-state index contributed by atoms with van der Waals surface area (Å²) >= 11 is 0. The third-order valence-electron chi connectivity index (χ3n) is 5.21. The highest BCUT2D eigenvalue weighted by Crippen LogP contribution is 2.48. The zero-order valence-electron chi connectivity index (χ0n) is 12.7. The third-order valence-corrected chi connectivity index (χ3v) is 5.21. The second kappa shape index (κ2) is 4.38. The largest absolute Gasteiger partial charge is 0.454 e. The van der Waals surface area contributed by atoms with Crippen molar-refractivity contribution in [2.75, 3.05) is 13.3 Å². The number of hydrogen-bond donors (Lipinski definition) is 0. The molecule has 0 N–H and O–H groups in total. The summed E-state index contributed by atoms with van der Waals surface area (Å²) < 4.78 is 11.1. The maximum Gasteiger partial charge on any atom is 0.231 e. The highest BCUT2D eigenvalue weighted by atomic mass is 16.7. The molecule has 0 spiro atoms. The molecular weight excluding hydrogens is 262 g/mol. The van der Waals surface area contributed by atoms with Crippen molar-refractivity contribution in [2.24, 2.45) is 0 Å². The molecule has 2 heterocycles. The molecule has 21 heavy (non-hydrogen) atoms. The highest BCUT2D eigenvalue weighted by molar-refractivity contribution is 5.55. The summed E-state index contributed by atoms with van der Waals surface area (Å²) in [6, 6.07) is 4.84. The molecule has 110 valence electrons. The van der Waals surface area contributed by atoms with Gasteiger partial charge in [-0.1, -0.05) is 38.2 Å². The van der Waals surface area contributed by atoms with Crippen molar-refractivity contribution in [3.63, 3.8) is 0 Å². The molecule has 0 fully saturated rings. The zero-order chi connectivity index (χ0) is 14.6. The predicted octanol–water partition coefficient (Wildman–Crippen LogP) is 3.39. The van der Waals surface area contributed by atoms with Crippen LogP contribution in [0.1, 0.15) is 31.4 Å². The van der Waals surface area contributed by atoms with Gasteiger partial charge in [-0.15, -0.1) is 0 Å². The van der Waals surface area contributed by atoms with Crippen LogP contribution in [0.4, 0.5) is 0 Å². The number of ether oxygens (including phenoxy) is 2. The molecular formula is C18H21NO2. The summed E-state index contributed by atoms with van der Waals surface area (Å²) in [5.41, 5.74) is 3.98. The van der Waals surface area contributed by atoms with E-state index in [2.05, 4.69) is 49.6 Å². The van der Waals surface area contributed by atoms with E-state index in [4.69, 9.17) is 9.47 Å². The van der Waals surface area contributed by atoms with E-state index in [1.807, 2.05) is 0 Å². The van der Waals surface area contributed by atoms with Crippen LogP contribution in [0, 0.1) is 0 Å². The molecule has 0 saturated heterocycles. The molecule has 1 aliphatic carbocycles. The van der Waals surface area contributed by atoms with Crippen molar-refractivity contribution in [3.05, 3.63) is 47.6 Å². The zero-order valence-corrected chi connectivity index (χ0v) is 12.7. The molecule has 1 aromatic carbocycles. The molecule has 3 nitrogen and oxygen atoms in total. The lowest BCUT2D eigenvalue weighted by Crippen LogP contribution is -2.53. The summed E-state index contributed by atoms with van der Waals surface area (Å²) in [5, 5.41) is 0. The van der Waals surface area contributed by atoms with Crippen LogP contribution < -0.4 is 9.47 Å². The Morgan fingerprint density at radius 1 is 1.33 bits per heavy atom. The van der Waals surface area contributed by atoms with Gasteiger partial charge in [-0.25, -0.2) is 0 Å². The molecule has 3 aliphatic rings. The molecule has 1 aromatic rings. The van der Waals surface area contributed by atoms with E-state index < -0.39 is 0 Å². The fraction of sp³-hybridized carbons (Fsp3) is 0.444. The molecule has 0 saturated carbocycles. The highest BCUT2D eigenvalue weighted by Gasteiger charge is 2.44. The first-order valence-corrected chi connectivity index (χ1v) is 7.66. The quantitative estimate of drug-likeness (QED) is 0.788. The van der Waals surface area contributed by atoms with E-state index in [1.54, 1.807) is 0 Å². The van der Waals surface area contributed by atoms with Crippen molar-refractivity contribution >= 4 is 0 Å². The van der Waals surface area contributed by atoms with Crippen LogP contribution in [0.15, 0.2) is 36.4 Å². The van der Waals surface area contributed by atoms with Crippen LogP contribution in [-0.4, -0.2) is 24.3 Å². The molecule has 4 rings (SSSR count). The first-order chi connectivity index (χ1) is 10.1. The van der Waals surface area contributed by atoms with Gasteiger partial charge in [0.15, 0.2) is 11.5 Å². The van der Waals surface area contributed by atoms with Crippen LogP contribution in [-0.2, 0) is 12.0 Å². The monoisotopic (exact) mass is 283 g/mol. The minimum absolute atomic E-state index is 0.0196. The van der Waals surface area contributed by atoms with Gasteiger partial charge in [0.2, 0.25) is 6.79 Å². The standard InChI is InChI=1S/C18H21NO2/c1-4-19-10-13-8-15-16(21-11-20-15)9-14(13)18(3)6-5-12(2)7-17(18)19/h5-6,8-9,17H,2,4,7,10-11H2,1,3H3/t17-,18+/m0/s1. The average molecular weight is 283 g/mol. The van der Waals surface area contributed by atoms with Gasteiger partial charge >= 0.3 is 0 Å². The maximum atomic E-state index is 5.59. The van der Waals surface area contributed by atoms with E-state index in [1.165, 1.54) is 16.7 Å². The second-order valence-electron chi connectivity index (χ2n) is 6.42. The number of fused-ring (bicyclic) bond motifs is 4. The van der Waals surface area contributed by atoms with E-state index >= 15 is 0 Å². The van der Waals surface area contributed by atoms with Crippen LogP contribution in [0.2, 0.25) is 0 Å². The van der Waals surface area contributed by atoms with Crippen molar-refractivity contribution in [2.45, 2.75) is 38.3 Å². The molecule has 0 aromatic heterocycles. The van der Waals surface area contributed by atoms with Crippen molar-refractivity contribution in [1.29, 1.82) is 0 Å². The molecule has 3 heteroatoms. The topological polar surface area (TPSA) is 21.7 Å². The van der Waals surface area contributed by atoms with Crippen molar-refractivity contribution in [3.8, 4) is 11.5 Å². The summed E-state index contributed by atoms with van der Waals surface area (Å²) in [6.45, 7) is 11.1. The summed E-state index contributed by atoms with van der Waals surface area (Å²) in [7, 11) is 0. The van der Waals surface area contributed by atoms with E-state index in [0.29, 0.717) is 12.8 Å². The van der Waals surface area contributed by atoms with Gasteiger partial charge in [0.25, 0.3) is 0 Å². The fourth-order valence-electron chi connectivity index (χ4n) is 3.99. The fourth-order valence-corrected chi connectivity index (χ4v) is 3.99. The number of allylic oxidation sites excluding steroid dienone is 1. The van der Waals surface area contributed by atoms with Gasteiger partial charge < -0.3 is 9.47 Å². The maximum absolute atomic E-state index is 5.59. The Bertz CT molecular complexity index is 649. The van der Waals surface area contributed by atoms with Crippen LogP contribution in [0.25, 0.3) is 0 Å². The minimum atomic E-state index is 0.0196. The average Bonchev–Trinajstić information content (AvgIpc) is 2.93. The smallest absolute Gasteiger partial charge is 0.231 e. The van der Waals surface area contributed by atoms with Crippen LogP contribution >= 0.6 is 0 Å². The Hall–Kier alpha value is -1.74. The van der Waals surface area contributed by atoms with E-state index in [9.17, 15) is 0 Å². The van der Waals surface area contributed by atoms with Crippen LogP contribution in [0.5, 0.6) is 11.5 Å². The molecule has 0 radical (unpaired) electrons. The van der Waals surface area contributed by atoms with Gasteiger partial charge in [0, 0.05) is 18.0 Å². The Morgan fingerprint density at radius 2 is 2.10 bits per heavy atom. The first-order valence-electron chi connectivity index (χ1n) is 7.66. The normalized spacial score (nSPS) is 30.2. The molecule has 0 unspecified atom stereocenters.